The van der Waals surface area contributed by atoms with Crippen LogP contribution in [-0.2, 0) is 6.54 Å². The predicted molar refractivity (Wildman–Crippen MR) is 89.6 cm³/mol. The van der Waals surface area contributed by atoms with Crippen LogP contribution >= 0.6 is 0 Å². The monoisotopic (exact) mass is 343 g/mol. The first-order chi connectivity index (χ1) is 12.2. The van der Waals surface area contributed by atoms with E-state index in [9.17, 15) is 4.79 Å². The molecule has 3 heterocycles. The first-order valence-electron chi connectivity index (χ1n) is 8.51. The molecule has 1 aromatic carbocycles. The zero-order valence-corrected chi connectivity index (χ0v) is 14.1. The lowest BCUT2D eigenvalue weighted by atomic mass is 10.1. The molecule has 0 saturated carbocycles. The Morgan fingerprint density at radius 1 is 1.32 bits per heavy atom. The van der Waals surface area contributed by atoms with Crippen molar-refractivity contribution in [3.8, 4) is 11.5 Å². The van der Waals surface area contributed by atoms with Gasteiger partial charge in [0.05, 0.1) is 11.7 Å². The Hall–Kier alpha value is -2.61. The number of fused-ring (bicyclic) bond motifs is 1. The average molecular weight is 343 g/mol. The fraction of sp³-hybridized carbons (Fsp3) is 0.471. The molecule has 0 atom stereocenters. The maximum absolute atomic E-state index is 12.5. The van der Waals surface area contributed by atoms with E-state index in [1.807, 2.05) is 29.8 Å². The number of nitrogens with zero attached hydrogens (tertiary/aromatic N) is 3. The molecule has 2 aliphatic rings. The number of rotatable bonds is 4. The summed E-state index contributed by atoms with van der Waals surface area (Å²) in [5.41, 5.74) is 2.15. The Bertz CT molecular complexity index is 783. The minimum Gasteiger partial charge on any atom is -0.454 e. The number of piperidine rings is 1. The number of carbonyl (C=O) groups excluding carboxylic acids is 1. The van der Waals surface area contributed by atoms with Crippen LogP contribution in [0.2, 0.25) is 0 Å². The molecule has 0 spiro atoms. The molecule has 1 amide bonds. The molecule has 0 aliphatic carbocycles. The molecule has 0 unspecified atom stereocenters. The fourth-order valence-corrected chi connectivity index (χ4v) is 3.27. The van der Waals surface area contributed by atoms with E-state index < -0.39 is 0 Å². The Morgan fingerprint density at radius 3 is 2.96 bits per heavy atom. The minimum atomic E-state index is -0.213. The number of hydrogen-bond donors (Lipinski definition) is 2. The van der Waals surface area contributed by atoms with Gasteiger partial charge in [-0.05, 0) is 50.6 Å². The van der Waals surface area contributed by atoms with Gasteiger partial charge >= 0.3 is 0 Å². The molecule has 2 N–H and O–H groups in total. The van der Waals surface area contributed by atoms with Crippen molar-refractivity contribution in [1.82, 2.24) is 25.6 Å². The van der Waals surface area contributed by atoms with Crippen LogP contribution in [0.5, 0.6) is 11.5 Å². The number of hydrogen-bond acceptors (Lipinski definition) is 6. The third-order valence-corrected chi connectivity index (χ3v) is 4.69. The van der Waals surface area contributed by atoms with E-state index in [0.29, 0.717) is 24.0 Å². The smallest absolute Gasteiger partial charge is 0.274 e. The van der Waals surface area contributed by atoms with Crippen LogP contribution in [0.15, 0.2) is 18.2 Å². The number of aromatic nitrogens is 3. The largest absolute Gasteiger partial charge is 0.454 e. The van der Waals surface area contributed by atoms with E-state index in [1.54, 1.807) is 0 Å². The van der Waals surface area contributed by atoms with Crippen molar-refractivity contribution in [2.75, 3.05) is 19.9 Å². The van der Waals surface area contributed by atoms with Crippen molar-refractivity contribution < 1.29 is 14.3 Å². The summed E-state index contributed by atoms with van der Waals surface area (Å²) < 4.78 is 12.5. The second kappa shape index (κ2) is 6.72. The summed E-state index contributed by atoms with van der Waals surface area (Å²) in [4.78, 5) is 12.5. The van der Waals surface area contributed by atoms with Crippen molar-refractivity contribution >= 4 is 5.91 Å². The Balaban J connectivity index is 1.42. The normalized spacial score (nSPS) is 16.8. The highest BCUT2D eigenvalue weighted by molar-refractivity contribution is 5.93. The molecular formula is C17H21N5O3. The molecule has 2 aliphatic heterocycles. The van der Waals surface area contributed by atoms with Crippen molar-refractivity contribution in [1.29, 1.82) is 0 Å². The zero-order chi connectivity index (χ0) is 17.2. The van der Waals surface area contributed by atoms with Crippen LogP contribution in [0.25, 0.3) is 0 Å². The van der Waals surface area contributed by atoms with E-state index in [-0.39, 0.29) is 12.7 Å². The summed E-state index contributed by atoms with van der Waals surface area (Å²) in [5, 5.41) is 14.5. The Kier molecular flexibility index (Phi) is 4.27. The quantitative estimate of drug-likeness (QED) is 0.866. The lowest BCUT2D eigenvalue weighted by Crippen LogP contribution is -2.30. The van der Waals surface area contributed by atoms with Crippen LogP contribution in [0.4, 0.5) is 0 Å². The van der Waals surface area contributed by atoms with Crippen LogP contribution in [-0.4, -0.2) is 40.8 Å². The average Bonchev–Trinajstić information content (AvgIpc) is 3.26. The van der Waals surface area contributed by atoms with Crippen molar-refractivity contribution in [2.45, 2.75) is 32.4 Å². The molecule has 1 fully saturated rings. The first kappa shape index (κ1) is 15.9. The Morgan fingerprint density at radius 2 is 2.12 bits per heavy atom. The standard InChI is InChI=1S/C17H21N5O3/c1-11-16(20-21-22(11)13-4-6-18-7-5-13)17(23)19-9-12-2-3-14-15(8-12)25-10-24-14/h2-3,8,13,18H,4-7,9-10H2,1H3,(H,19,23). The fourth-order valence-electron chi connectivity index (χ4n) is 3.27. The van der Waals surface area contributed by atoms with Gasteiger partial charge in [0.15, 0.2) is 17.2 Å². The van der Waals surface area contributed by atoms with Gasteiger partial charge in [-0.3, -0.25) is 4.79 Å². The van der Waals surface area contributed by atoms with Gasteiger partial charge in [-0.25, -0.2) is 4.68 Å². The maximum Gasteiger partial charge on any atom is 0.274 e. The van der Waals surface area contributed by atoms with Crippen LogP contribution in [0.3, 0.4) is 0 Å². The van der Waals surface area contributed by atoms with Gasteiger partial charge in [0, 0.05) is 6.54 Å². The van der Waals surface area contributed by atoms with Gasteiger partial charge in [-0.1, -0.05) is 11.3 Å². The van der Waals surface area contributed by atoms with Crippen LogP contribution < -0.4 is 20.1 Å². The highest BCUT2D eigenvalue weighted by atomic mass is 16.7. The predicted octanol–water partition coefficient (Wildman–Crippen LogP) is 1.17. The molecule has 0 radical (unpaired) electrons. The molecule has 0 bridgehead atoms. The van der Waals surface area contributed by atoms with E-state index in [1.165, 1.54) is 0 Å². The molecule has 8 nitrogen and oxygen atoms in total. The molecule has 4 rings (SSSR count). The lowest BCUT2D eigenvalue weighted by Gasteiger charge is -2.23. The van der Waals surface area contributed by atoms with Gasteiger partial charge in [-0.2, -0.15) is 0 Å². The zero-order valence-electron chi connectivity index (χ0n) is 14.1. The van der Waals surface area contributed by atoms with Crippen molar-refractivity contribution in [3.63, 3.8) is 0 Å². The number of nitrogens with one attached hydrogen (secondary N) is 2. The highest BCUT2D eigenvalue weighted by Gasteiger charge is 2.23. The minimum absolute atomic E-state index is 0.213. The summed E-state index contributed by atoms with van der Waals surface area (Å²) in [6, 6.07) is 5.94. The second-order valence-corrected chi connectivity index (χ2v) is 6.32. The van der Waals surface area contributed by atoms with Gasteiger partial charge in [0.25, 0.3) is 5.91 Å². The van der Waals surface area contributed by atoms with E-state index in [2.05, 4.69) is 20.9 Å². The molecule has 2 aromatic rings. The maximum atomic E-state index is 12.5. The number of amides is 1. The molecular weight excluding hydrogens is 322 g/mol. The van der Waals surface area contributed by atoms with E-state index in [0.717, 1.165) is 42.9 Å². The molecule has 1 saturated heterocycles. The van der Waals surface area contributed by atoms with Gasteiger partial charge in [-0.15, -0.1) is 5.10 Å². The third-order valence-electron chi connectivity index (χ3n) is 4.69. The molecule has 8 heteroatoms. The molecule has 1 aromatic heterocycles. The topological polar surface area (TPSA) is 90.3 Å². The van der Waals surface area contributed by atoms with Crippen LogP contribution in [0.1, 0.15) is 40.6 Å². The van der Waals surface area contributed by atoms with E-state index >= 15 is 0 Å². The van der Waals surface area contributed by atoms with Crippen molar-refractivity contribution in [2.24, 2.45) is 0 Å². The summed E-state index contributed by atoms with van der Waals surface area (Å²) in [6.45, 7) is 4.47. The number of carbonyl (C=O) groups is 1. The third kappa shape index (κ3) is 3.17. The number of benzene rings is 1. The van der Waals surface area contributed by atoms with Gasteiger partial charge in [0.1, 0.15) is 0 Å². The van der Waals surface area contributed by atoms with Crippen LogP contribution in [0, 0.1) is 6.92 Å². The highest BCUT2D eigenvalue weighted by Crippen LogP contribution is 2.32. The summed E-state index contributed by atoms with van der Waals surface area (Å²) in [5.74, 6) is 1.23. The SMILES string of the molecule is Cc1c(C(=O)NCc2ccc3c(c2)OCO3)nnn1C1CCNCC1. The second-order valence-electron chi connectivity index (χ2n) is 6.32. The van der Waals surface area contributed by atoms with Gasteiger partial charge in [0.2, 0.25) is 6.79 Å². The number of ether oxygens (including phenoxy) is 2. The first-order valence-corrected chi connectivity index (χ1v) is 8.51. The molecule has 25 heavy (non-hydrogen) atoms. The van der Waals surface area contributed by atoms with Gasteiger partial charge < -0.3 is 20.1 Å². The summed E-state index contributed by atoms with van der Waals surface area (Å²) in [6.07, 6.45) is 2.00. The Labute approximate surface area is 145 Å². The molecule has 132 valence electrons. The summed E-state index contributed by atoms with van der Waals surface area (Å²) >= 11 is 0. The van der Waals surface area contributed by atoms with Crippen molar-refractivity contribution in [3.05, 3.63) is 35.2 Å². The summed E-state index contributed by atoms with van der Waals surface area (Å²) in [7, 11) is 0. The lowest BCUT2D eigenvalue weighted by molar-refractivity contribution is 0.0945. The van der Waals surface area contributed by atoms with E-state index in [4.69, 9.17) is 9.47 Å².